The molecule has 6 saturated carbocycles. The second-order valence-corrected chi connectivity index (χ2v) is 14.5. The first-order valence-corrected chi connectivity index (χ1v) is 14.6. The number of carbonyl (C=O) groups is 4. The number of esters is 3. The fourth-order valence-corrected chi connectivity index (χ4v) is 11.7. The third-order valence-electron chi connectivity index (χ3n) is 12.9. The van der Waals surface area contributed by atoms with Crippen LogP contribution in [-0.2, 0) is 39.8 Å². The molecular weight excluding hydrogens is 528 g/mol. The molecule has 41 heavy (non-hydrogen) atoms. The predicted octanol–water partition coefficient (Wildman–Crippen LogP) is 2.24. The monoisotopic (exact) mass is 566 g/mol. The molecule has 0 heterocycles. The van der Waals surface area contributed by atoms with Crippen LogP contribution in [0.2, 0.25) is 0 Å². The molecule has 12 atom stereocenters. The molecule has 6 aliphatic rings. The van der Waals surface area contributed by atoms with Gasteiger partial charge in [-0.1, -0.05) is 58.0 Å². The van der Waals surface area contributed by atoms with Gasteiger partial charge in [0.2, 0.25) is 0 Å². The van der Waals surface area contributed by atoms with Crippen LogP contribution >= 0.6 is 0 Å². The van der Waals surface area contributed by atoms with E-state index in [2.05, 4.69) is 0 Å². The summed E-state index contributed by atoms with van der Waals surface area (Å²) in [4.78, 5) is 51.8. The van der Waals surface area contributed by atoms with Gasteiger partial charge in [-0.15, -0.1) is 0 Å². The number of Topliss-reactive ketones (excluding diaryl/α,β-unsaturated/α-hetero) is 1. The van der Waals surface area contributed by atoms with Gasteiger partial charge in [0, 0.05) is 47.8 Å². The molecule has 0 aliphatic heterocycles. The lowest BCUT2D eigenvalue weighted by Gasteiger charge is -2.65. The number of carbonyl (C=O) groups excluding carboxylic acids is 4. The smallest absolute Gasteiger partial charge is 0.310 e. The molecule has 9 nitrogen and oxygen atoms in total. The molecule has 2 N–H and O–H groups in total. The highest BCUT2D eigenvalue weighted by molar-refractivity contribution is 6.01. The topological polar surface area (TPSA) is 136 Å². The Hall–Kier alpha value is -2.78. The largest absolute Gasteiger partial charge is 0.465 e. The van der Waals surface area contributed by atoms with E-state index in [1.165, 1.54) is 13.8 Å². The van der Waals surface area contributed by atoms with Crippen LogP contribution in [0.5, 0.6) is 0 Å². The van der Waals surface area contributed by atoms with Gasteiger partial charge in [-0.25, -0.2) is 0 Å². The Morgan fingerprint density at radius 2 is 1.61 bits per heavy atom. The zero-order chi connectivity index (χ0) is 29.7. The SMILES string of the molecule is CC(=O)OC[C@]12C[C@@]3(O)C(=O)[C@@]1(C)[C@H]1[C@H]2[C@H]2[C@@H]4C(C)(C)[C@]4(OC(C)=O)[C@H](OC(=O)Cc4ccccc4)[C@@H](C)[C@]2(O)[C@H]13. The summed E-state index contributed by atoms with van der Waals surface area (Å²) in [5, 5.41) is 25.0. The molecule has 0 saturated heterocycles. The molecule has 6 fully saturated rings. The lowest BCUT2D eigenvalue weighted by molar-refractivity contribution is -0.237. The molecule has 1 aromatic carbocycles. The molecule has 2 bridgehead atoms. The van der Waals surface area contributed by atoms with E-state index in [0.717, 1.165) is 5.56 Å². The number of fused-ring (bicyclic) bond motifs is 8. The first-order valence-electron chi connectivity index (χ1n) is 14.6. The van der Waals surface area contributed by atoms with Crippen molar-refractivity contribution in [1.82, 2.24) is 0 Å². The summed E-state index contributed by atoms with van der Waals surface area (Å²) < 4.78 is 17.9. The third kappa shape index (κ3) is 2.64. The summed E-state index contributed by atoms with van der Waals surface area (Å²) in [5.74, 6) is -4.73. The molecular formula is C32H38O9. The van der Waals surface area contributed by atoms with Crippen molar-refractivity contribution in [2.45, 2.75) is 77.3 Å². The number of hydrogen-bond donors (Lipinski definition) is 2. The fraction of sp³-hybridized carbons (Fsp3) is 0.688. The molecule has 9 heteroatoms. The maximum atomic E-state index is 13.8. The highest BCUT2D eigenvalue weighted by Crippen LogP contribution is 2.93. The van der Waals surface area contributed by atoms with E-state index in [0.29, 0.717) is 0 Å². The number of ketones is 1. The standard InChI is InChI=1S/C32H38O9/c1-15-25(40-19(35)12-18-10-8-7-9-11-18)32(41-17(3)34)23(27(32,4)5)22-20-21-24(31(15,22)38)30(37)13-29(20,14-39-16(2)33)28(21,6)26(30)36/h7-11,15,20-25,37-38H,12-14H2,1-6H3/t15-,20+,21+,22+,23-,24-,25-,28-,29+,30+,31-,32-/m1/s1. The van der Waals surface area contributed by atoms with Crippen molar-refractivity contribution in [3.8, 4) is 0 Å². The molecule has 6 aliphatic carbocycles. The highest BCUT2D eigenvalue weighted by Gasteiger charge is 3.01. The zero-order valence-corrected chi connectivity index (χ0v) is 24.3. The van der Waals surface area contributed by atoms with Crippen molar-refractivity contribution < 1.29 is 43.6 Å². The molecule has 0 aromatic heterocycles. The number of aliphatic hydroxyl groups is 2. The summed E-state index contributed by atoms with van der Waals surface area (Å²) in [6.45, 7) is 10.2. The van der Waals surface area contributed by atoms with Crippen LogP contribution in [-0.4, -0.2) is 63.4 Å². The zero-order valence-electron chi connectivity index (χ0n) is 24.3. The van der Waals surface area contributed by atoms with Crippen molar-refractivity contribution in [3.63, 3.8) is 0 Å². The minimum atomic E-state index is -1.78. The first kappa shape index (κ1) is 27.1. The van der Waals surface area contributed by atoms with E-state index in [1.54, 1.807) is 6.92 Å². The Labute approximate surface area is 238 Å². The average Bonchev–Trinajstić information content (AvgIpc) is 3.11. The molecule has 220 valence electrons. The fourth-order valence-electron chi connectivity index (χ4n) is 11.7. The van der Waals surface area contributed by atoms with Gasteiger partial charge in [0.1, 0.15) is 11.7 Å². The van der Waals surface area contributed by atoms with Gasteiger partial charge < -0.3 is 24.4 Å². The van der Waals surface area contributed by atoms with Crippen LogP contribution in [0.3, 0.4) is 0 Å². The lowest BCUT2D eigenvalue weighted by Crippen LogP contribution is -2.67. The van der Waals surface area contributed by atoms with E-state index < -0.39 is 80.7 Å². The Morgan fingerprint density at radius 1 is 0.951 bits per heavy atom. The Kier molecular flexibility index (Phi) is 5.01. The Balaban J connectivity index is 1.35. The second-order valence-electron chi connectivity index (χ2n) is 14.5. The molecule has 0 amide bonds. The predicted molar refractivity (Wildman–Crippen MR) is 142 cm³/mol. The van der Waals surface area contributed by atoms with Crippen LogP contribution in [0.15, 0.2) is 30.3 Å². The van der Waals surface area contributed by atoms with Gasteiger partial charge in [-0.05, 0) is 29.7 Å². The van der Waals surface area contributed by atoms with Crippen LogP contribution in [0.4, 0.5) is 0 Å². The second kappa shape index (κ2) is 7.59. The molecule has 0 unspecified atom stereocenters. The van der Waals surface area contributed by atoms with Gasteiger partial charge in [-0.3, -0.25) is 19.2 Å². The van der Waals surface area contributed by atoms with Crippen molar-refractivity contribution >= 4 is 23.7 Å². The third-order valence-corrected chi connectivity index (χ3v) is 12.9. The van der Waals surface area contributed by atoms with E-state index in [1.807, 2.05) is 51.1 Å². The molecule has 7 rings (SSSR count). The van der Waals surface area contributed by atoms with E-state index in [4.69, 9.17) is 14.2 Å². The van der Waals surface area contributed by atoms with Crippen molar-refractivity contribution in [2.24, 2.45) is 51.8 Å². The molecule has 0 spiro atoms. The minimum Gasteiger partial charge on any atom is -0.465 e. The van der Waals surface area contributed by atoms with Crippen LogP contribution < -0.4 is 0 Å². The van der Waals surface area contributed by atoms with Crippen molar-refractivity contribution in [3.05, 3.63) is 35.9 Å². The van der Waals surface area contributed by atoms with Crippen LogP contribution in [0.25, 0.3) is 0 Å². The highest BCUT2D eigenvalue weighted by atomic mass is 16.6. The average molecular weight is 567 g/mol. The van der Waals surface area contributed by atoms with E-state index in [9.17, 15) is 29.4 Å². The minimum absolute atomic E-state index is 0.00777. The first-order chi connectivity index (χ1) is 19.1. The number of benzene rings is 1. The number of rotatable bonds is 6. The Bertz CT molecular complexity index is 1400. The summed E-state index contributed by atoms with van der Waals surface area (Å²) in [7, 11) is 0. The summed E-state index contributed by atoms with van der Waals surface area (Å²) in [6, 6.07) is 9.17. The lowest BCUT2D eigenvalue weighted by atomic mass is 9.37. The number of hydrogen-bond acceptors (Lipinski definition) is 9. The van der Waals surface area contributed by atoms with E-state index in [-0.39, 0.29) is 37.1 Å². The number of ether oxygens (including phenoxy) is 3. The Morgan fingerprint density at radius 3 is 2.20 bits per heavy atom. The maximum absolute atomic E-state index is 13.8. The summed E-state index contributed by atoms with van der Waals surface area (Å²) in [6.07, 6.45) is -0.881. The van der Waals surface area contributed by atoms with E-state index >= 15 is 0 Å². The van der Waals surface area contributed by atoms with Gasteiger partial charge in [0.25, 0.3) is 0 Å². The molecule has 1 aromatic rings. The van der Waals surface area contributed by atoms with Crippen LogP contribution in [0.1, 0.15) is 53.5 Å². The van der Waals surface area contributed by atoms with Crippen molar-refractivity contribution in [1.29, 1.82) is 0 Å². The summed E-state index contributed by atoms with van der Waals surface area (Å²) >= 11 is 0. The molecule has 0 radical (unpaired) electrons. The van der Waals surface area contributed by atoms with Gasteiger partial charge in [-0.2, -0.15) is 0 Å². The van der Waals surface area contributed by atoms with Crippen LogP contribution in [0, 0.1) is 51.8 Å². The van der Waals surface area contributed by atoms with Gasteiger partial charge in [0.05, 0.1) is 18.6 Å². The van der Waals surface area contributed by atoms with Crippen molar-refractivity contribution in [2.75, 3.05) is 6.61 Å². The normalized spacial score (nSPS) is 50.3. The maximum Gasteiger partial charge on any atom is 0.310 e. The quantitative estimate of drug-likeness (QED) is 0.392. The van der Waals surface area contributed by atoms with Gasteiger partial charge >= 0.3 is 17.9 Å². The van der Waals surface area contributed by atoms with Gasteiger partial charge in [0.15, 0.2) is 11.4 Å². The summed E-state index contributed by atoms with van der Waals surface area (Å²) in [5.41, 5.74) is -6.25.